The molecule has 1 saturated carbocycles. The molecule has 0 radical (unpaired) electrons. The first-order chi connectivity index (χ1) is 13.0. The Kier molecular flexibility index (Phi) is 8.88. The quantitative estimate of drug-likeness (QED) is 0.227. The van der Waals surface area contributed by atoms with Crippen molar-refractivity contribution in [2.45, 2.75) is 45.8 Å². The summed E-state index contributed by atoms with van der Waals surface area (Å²) >= 11 is 5.85. The molecule has 0 spiro atoms. The van der Waals surface area contributed by atoms with E-state index < -0.39 is 0 Å². The normalized spacial score (nSPS) is 15.8. The lowest BCUT2D eigenvalue weighted by atomic mass is 9.87. The fraction of sp³-hybridized carbons (Fsp3) is 0.429. The van der Waals surface area contributed by atoms with Gasteiger partial charge in [0.15, 0.2) is 11.6 Å². The second-order valence-corrected chi connectivity index (χ2v) is 6.79. The van der Waals surface area contributed by atoms with E-state index in [9.17, 15) is 9.59 Å². The predicted molar refractivity (Wildman–Crippen MR) is 105 cm³/mol. The van der Waals surface area contributed by atoms with Crippen molar-refractivity contribution in [3.05, 3.63) is 58.1 Å². The number of nitrogens with one attached hydrogen (secondary N) is 1. The number of rotatable bonds is 9. The van der Waals surface area contributed by atoms with E-state index in [1.165, 1.54) is 0 Å². The van der Waals surface area contributed by atoms with Crippen LogP contribution in [0.5, 0.6) is 0 Å². The predicted octanol–water partition coefficient (Wildman–Crippen LogP) is 3.96. The third kappa shape index (κ3) is 7.03. The minimum atomic E-state index is -0.152. The first-order valence-corrected chi connectivity index (χ1v) is 9.56. The van der Waals surface area contributed by atoms with Crippen LogP contribution in [0.3, 0.4) is 0 Å². The molecule has 1 unspecified atom stereocenters. The van der Waals surface area contributed by atoms with Crippen LogP contribution in [-0.2, 0) is 25.8 Å². The van der Waals surface area contributed by atoms with Crippen LogP contribution >= 0.6 is 11.6 Å². The molecule has 1 aliphatic carbocycles. The summed E-state index contributed by atoms with van der Waals surface area (Å²) < 4.78 is 5.60. The summed E-state index contributed by atoms with van der Waals surface area (Å²) in [5, 5.41) is 0.686. The van der Waals surface area contributed by atoms with Gasteiger partial charge in [-0.2, -0.15) is 5.48 Å². The fourth-order valence-electron chi connectivity index (χ4n) is 2.71. The van der Waals surface area contributed by atoms with Crippen LogP contribution in [0.2, 0.25) is 5.02 Å². The number of hydroxylamine groups is 1. The third-order valence-corrected chi connectivity index (χ3v) is 4.49. The molecule has 0 bridgehead atoms. The molecule has 6 heteroatoms. The SMILES string of the molecule is CCONC(C=C1C(=O)CC(=CCOCc2ccc(Cl)cc2)CC1=O)CC. The maximum absolute atomic E-state index is 12.4. The van der Waals surface area contributed by atoms with Crippen molar-refractivity contribution in [2.24, 2.45) is 0 Å². The molecule has 1 aliphatic rings. The zero-order valence-electron chi connectivity index (χ0n) is 15.8. The lowest BCUT2D eigenvalue weighted by molar-refractivity contribution is -0.122. The molecule has 2 rings (SSSR count). The summed E-state index contributed by atoms with van der Waals surface area (Å²) in [6, 6.07) is 7.28. The molecule has 0 aromatic heterocycles. The Balaban J connectivity index is 1.87. The molecular weight excluding hydrogens is 366 g/mol. The fourth-order valence-corrected chi connectivity index (χ4v) is 2.84. The minimum absolute atomic E-state index is 0.146. The van der Waals surface area contributed by atoms with Gasteiger partial charge < -0.3 is 9.57 Å². The number of carbonyl (C=O) groups is 2. The monoisotopic (exact) mass is 391 g/mol. The maximum atomic E-state index is 12.4. The molecule has 27 heavy (non-hydrogen) atoms. The van der Waals surface area contributed by atoms with Gasteiger partial charge in [0.1, 0.15) is 0 Å². The van der Waals surface area contributed by atoms with Crippen LogP contribution in [0.15, 0.2) is 47.6 Å². The Morgan fingerprint density at radius 2 is 1.81 bits per heavy atom. The van der Waals surface area contributed by atoms with E-state index in [0.29, 0.717) is 24.8 Å². The van der Waals surface area contributed by atoms with Crippen LogP contribution in [-0.4, -0.2) is 30.8 Å². The highest BCUT2D eigenvalue weighted by atomic mass is 35.5. The van der Waals surface area contributed by atoms with Crippen LogP contribution < -0.4 is 5.48 Å². The highest BCUT2D eigenvalue weighted by Gasteiger charge is 2.27. The Bertz CT molecular complexity index is 687. The van der Waals surface area contributed by atoms with Gasteiger partial charge in [-0.1, -0.05) is 48.4 Å². The topological polar surface area (TPSA) is 64.6 Å². The van der Waals surface area contributed by atoms with Crippen molar-refractivity contribution in [1.82, 2.24) is 5.48 Å². The Labute approximate surface area is 165 Å². The number of ketones is 2. The van der Waals surface area contributed by atoms with Crippen molar-refractivity contribution in [2.75, 3.05) is 13.2 Å². The van der Waals surface area contributed by atoms with Crippen LogP contribution in [0, 0.1) is 0 Å². The molecule has 1 N–H and O–H groups in total. The lowest BCUT2D eigenvalue weighted by Crippen LogP contribution is -2.30. The highest BCUT2D eigenvalue weighted by Crippen LogP contribution is 2.23. The summed E-state index contributed by atoms with van der Waals surface area (Å²) in [4.78, 5) is 29.9. The Hall–Kier alpha value is -1.79. The van der Waals surface area contributed by atoms with Crippen LogP contribution in [0.1, 0.15) is 38.7 Å². The number of halogens is 1. The van der Waals surface area contributed by atoms with Crippen molar-refractivity contribution < 1.29 is 19.2 Å². The molecule has 5 nitrogen and oxygen atoms in total. The largest absolute Gasteiger partial charge is 0.373 e. The highest BCUT2D eigenvalue weighted by molar-refractivity contribution is 6.30. The van der Waals surface area contributed by atoms with Crippen molar-refractivity contribution in [3.63, 3.8) is 0 Å². The van der Waals surface area contributed by atoms with Gasteiger partial charge in [0.25, 0.3) is 0 Å². The van der Waals surface area contributed by atoms with E-state index in [0.717, 1.165) is 17.6 Å². The molecule has 0 heterocycles. The summed E-state index contributed by atoms with van der Waals surface area (Å²) in [7, 11) is 0. The van der Waals surface area contributed by atoms with Gasteiger partial charge in [0, 0.05) is 17.9 Å². The van der Waals surface area contributed by atoms with Crippen LogP contribution in [0.4, 0.5) is 0 Å². The summed E-state index contributed by atoms with van der Waals surface area (Å²) in [6.07, 6.45) is 4.76. The standard InChI is InChI=1S/C21H26ClNO4/c1-3-18(23-27-4-2)13-19-20(24)11-16(12-21(19)25)9-10-26-14-15-5-7-17(22)8-6-15/h5-9,13,18,23H,3-4,10-12,14H2,1-2H3. The summed E-state index contributed by atoms with van der Waals surface area (Å²) in [5.74, 6) is -0.293. The zero-order chi connectivity index (χ0) is 19.6. The third-order valence-electron chi connectivity index (χ3n) is 4.23. The average Bonchev–Trinajstić information content (AvgIpc) is 2.65. The van der Waals surface area contributed by atoms with Crippen molar-refractivity contribution >= 4 is 23.2 Å². The van der Waals surface area contributed by atoms with Gasteiger partial charge >= 0.3 is 0 Å². The number of carbonyl (C=O) groups excluding carboxylic acids is 2. The second-order valence-electron chi connectivity index (χ2n) is 6.35. The Morgan fingerprint density at radius 1 is 1.15 bits per heavy atom. The molecule has 1 atom stereocenters. The molecule has 146 valence electrons. The van der Waals surface area contributed by atoms with Gasteiger partial charge in [-0.05, 0) is 31.0 Å². The number of Topliss-reactive ketones (excluding diaryl/α,β-unsaturated/α-hetero) is 2. The van der Waals surface area contributed by atoms with E-state index >= 15 is 0 Å². The van der Waals surface area contributed by atoms with E-state index in [2.05, 4.69) is 5.48 Å². The number of allylic oxidation sites excluding steroid dienone is 2. The van der Waals surface area contributed by atoms with Crippen molar-refractivity contribution in [3.8, 4) is 0 Å². The molecule has 0 amide bonds. The smallest absolute Gasteiger partial charge is 0.170 e. The van der Waals surface area contributed by atoms with Gasteiger partial charge in [-0.25, -0.2) is 0 Å². The molecule has 0 aliphatic heterocycles. The van der Waals surface area contributed by atoms with Gasteiger partial charge in [0.2, 0.25) is 0 Å². The Morgan fingerprint density at radius 3 is 2.41 bits per heavy atom. The lowest BCUT2D eigenvalue weighted by Gasteiger charge is -2.18. The first kappa shape index (κ1) is 21.5. The molecule has 1 aromatic rings. The first-order valence-electron chi connectivity index (χ1n) is 9.19. The molecular formula is C21H26ClNO4. The minimum Gasteiger partial charge on any atom is -0.373 e. The van der Waals surface area contributed by atoms with E-state index in [1.807, 2.05) is 44.2 Å². The van der Waals surface area contributed by atoms with E-state index in [4.69, 9.17) is 21.2 Å². The maximum Gasteiger partial charge on any atom is 0.170 e. The number of benzene rings is 1. The van der Waals surface area contributed by atoms with Gasteiger partial charge in [0.05, 0.1) is 31.4 Å². The molecule has 1 fully saturated rings. The van der Waals surface area contributed by atoms with Gasteiger partial charge in [-0.15, -0.1) is 0 Å². The van der Waals surface area contributed by atoms with E-state index in [-0.39, 0.29) is 36.0 Å². The van der Waals surface area contributed by atoms with Gasteiger partial charge in [-0.3, -0.25) is 9.59 Å². The number of ether oxygens (including phenoxy) is 1. The average molecular weight is 392 g/mol. The van der Waals surface area contributed by atoms with E-state index in [1.54, 1.807) is 6.08 Å². The molecule has 0 saturated heterocycles. The molecule has 1 aromatic carbocycles. The second kappa shape index (κ2) is 11.1. The summed E-state index contributed by atoms with van der Waals surface area (Å²) in [5.41, 5.74) is 4.96. The van der Waals surface area contributed by atoms with Crippen LogP contribution in [0.25, 0.3) is 0 Å². The van der Waals surface area contributed by atoms with Crippen molar-refractivity contribution in [1.29, 1.82) is 0 Å². The number of hydrogen-bond acceptors (Lipinski definition) is 5. The number of hydrogen-bond donors (Lipinski definition) is 1. The zero-order valence-corrected chi connectivity index (χ0v) is 16.6. The summed E-state index contributed by atoms with van der Waals surface area (Å²) in [6.45, 7) is 5.17.